The Balaban J connectivity index is 1.74. The van der Waals surface area contributed by atoms with Gasteiger partial charge in [-0.05, 0) is 67.4 Å². The van der Waals surface area contributed by atoms with Crippen molar-refractivity contribution in [3.05, 3.63) is 102 Å². The molecule has 0 saturated heterocycles. The highest BCUT2D eigenvalue weighted by atomic mass is 16.5. The van der Waals surface area contributed by atoms with Crippen LogP contribution in [0.3, 0.4) is 0 Å². The molecule has 0 spiro atoms. The second-order valence-corrected chi connectivity index (χ2v) is 6.47. The molecule has 1 radical (unpaired) electrons. The molecule has 1 atom stereocenters. The predicted molar refractivity (Wildman–Crippen MR) is 111 cm³/mol. The zero-order valence-corrected chi connectivity index (χ0v) is 16.1. The molecule has 3 rings (SSSR count). The van der Waals surface area contributed by atoms with Crippen molar-refractivity contribution in [3.8, 4) is 17.2 Å². The van der Waals surface area contributed by atoms with Crippen molar-refractivity contribution in [2.24, 2.45) is 0 Å². The number of hydrogen-bond acceptors (Lipinski definition) is 2. The molecule has 0 amide bonds. The molecule has 0 bridgehead atoms. The molecule has 0 saturated carbocycles. The standard InChI is InChI=1S/C25H25O2/c1-4-26-23-15-13-21(14-16-23)17-19(2)20(3)22-9-8-12-25(18-22)27-24-10-6-5-7-11-24/h5-16,18,20H,4H2,1-3H3. The average Bonchev–Trinajstić information content (AvgIpc) is 2.70. The minimum absolute atomic E-state index is 0.246. The van der Waals surface area contributed by atoms with Gasteiger partial charge in [0, 0.05) is 5.92 Å². The minimum Gasteiger partial charge on any atom is -0.494 e. The van der Waals surface area contributed by atoms with Crippen molar-refractivity contribution >= 4 is 0 Å². The van der Waals surface area contributed by atoms with Gasteiger partial charge in [-0.3, -0.25) is 0 Å². The predicted octanol–water partition coefficient (Wildman–Crippen LogP) is 6.78. The molecule has 2 nitrogen and oxygen atoms in total. The van der Waals surface area contributed by atoms with E-state index in [-0.39, 0.29) is 5.92 Å². The molecule has 1 unspecified atom stereocenters. The quantitative estimate of drug-likeness (QED) is 0.464. The normalized spacial score (nSPS) is 12.5. The summed E-state index contributed by atoms with van der Waals surface area (Å²) in [7, 11) is 0. The maximum Gasteiger partial charge on any atom is 0.127 e. The molecule has 3 aromatic rings. The van der Waals surface area contributed by atoms with Gasteiger partial charge >= 0.3 is 0 Å². The van der Waals surface area contributed by atoms with Crippen LogP contribution in [0.15, 0.2) is 84.4 Å². The van der Waals surface area contributed by atoms with E-state index in [0.717, 1.165) is 22.8 Å². The molecule has 0 N–H and O–H groups in total. The fourth-order valence-corrected chi connectivity index (χ4v) is 2.86. The van der Waals surface area contributed by atoms with Gasteiger partial charge in [-0.2, -0.15) is 0 Å². The highest BCUT2D eigenvalue weighted by Gasteiger charge is 2.10. The SMILES string of the molecule is CCOc1ccc([C]=C(C)C(C)c2cccc(Oc3ccccc3)c2)cc1. The maximum absolute atomic E-state index is 5.96. The van der Waals surface area contributed by atoms with Gasteiger partial charge in [-0.25, -0.2) is 0 Å². The Morgan fingerprint density at radius 1 is 0.852 bits per heavy atom. The van der Waals surface area contributed by atoms with E-state index in [9.17, 15) is 0 Å². The number of ether oxygens (including phenoxy) is 2. The summed E-state index contributed by atoms with van der Waals surface area (Å²) in [6, 6.07) is 26.1. The maximum atomic E-state index is 5.96. The lowest BCUT2D eigenvalue weighted by Crippen LogP contribution is -1.97. The number of hydrogen-bond donors (Lipinski definition) is 0. The molecule has 3 aromatic carbocycles. The van der Waals surface area contributed by atoms with Crippen LogP contribution in [0.2, 0.25) is 0 Å². The van der Waals surface area contributed by atoms with Crippen molar-refractivity contribution < 1.29 is 9.47 Å². The lowest BCUT2D eigenvalue weighted by molar-refractivity contribution is 0.340. The van der Waals surface area contributed by atoms with Gasteiger partial charge in [0.25, 0.3) is 0 Å². The smallest absolute Gasteiger partial charge is 0.127 e. The summed E-state index contributed by atoms with van der Waals surface area (Å²) in [4.78, 5) is 0. The Kier molecular flexibility index (Phi) is 6.32. The van der Waals surface area contributed by atoms with Crippen LogP contribution >= 0.6 is 0 Å². The van der Waals surface area contributed by atoms with Crippen molar-refractivity contribution in [3.63, 3.8) is 0 Å². The van der Waals surface area contributed by atoms with E-state index >= 15 is 0 Å². The van der Waals surface area contributed by atoms with Gasteiger partial charge in [-0.15, -0.1) is 0 Å². The second-order valence-electron chi connectivity index (χ2n) is 6.47. The summed E-state index contributed by atoms with van der Waals surface area (Å²) in [6.07, 6.45) is 3.50. The van der Waals surface area contributed by atoms with E-state index in [1.807, 2.05) is 73.7 Å². The first kappa shape index (κ1) is 18.8. The summed E-state index contributed by atoms with van der Waals surface area (Å²) >= 11 is 0. The third-order valence-electron chi connectivity index (χ3n) is 4.49. The van der Waals surface area contributed by atoms with Crippen LogP contribution in [-0.2, 0) is 0 Å². The summed E-state index contributed by atoms with van der Waals surface area (Å²) in [5.41, 5.74) is 3.44. The van der Waals surface area contributed by atoms with Crippen molar-refractivity contribution in [2.45, 2.75) is 26.7 Å². The third kappa shape index (κ3) is 5.24. The molecular weight excluding hydrogens is 332 g/mol. The molecule has 0 heterocycles. The Morgan fingerprint density at radius 3 is 2.26 bits per heavy atom. The number of benzene rings is 3. The first-order valence-electron chi connectivity index (χ1n) is 9.32. The topological polar surface area (TPSA) is 18.5 Å². The van der Waals surface area contributed by atoms with Gasteiger partial charge in [0.1, 0.15) is 17.2 Å². The Bertz CT molecular complexity index is 880. The van der Waals surface area contributed by atoms with E-state index in [0.29, 0.717) is 6.61 Å². The van der Waals surface area contributed by atoms with E-state index in [4.69, 9.17) is 9.47 Å². The van der Waals surface area contributed by atoms with Crippen LogP contribution in [0.5, 0.6) is 17.2 Å². The van der Waals surface area contributed by atoms with Gasteiger partial charge in [0.15, 0.2) is 0 Å². The second kappa shape index (κ2) is 9.09. The van der Waals surface area contributed by atoms with Crippen LogP contribution in [0.4, 0.5) is 0 Å². The van der Waals surface area contributed by atoms with Gasteiger partial charge in [0.05, 0.1) is 6.61 Å². The Hall–Kier alpha value is -3.00. The fourth-order valence-electron chi connectivity index (χ4n) is 2.86. The summed E-state index contributed by atoms with van der Waals surface area (Å²) in [5.74, 6) is 2.82. The Labute approximate surface area is 162 Å². The van der Waals surface area contributed by atoms with E-state index in [2.05, 4.69) is 32.1 Å². The monoisotopic (exact) mass is 357 g/mol. The van der Waals surface area contributed by atoms with Crippen molar-refractivity contribution in [1.29, 1.82) is 0 Å². The zero-order valence-electron chi connectivity index (χ0n) is 16.1. The van der Waals surface area contributed by atoms with Gasteiger partial charge in [0.2, 0.25) is 0 Å². The molecule has 0 aliphatic carbocycles. The highest BCUT2D eigenvalue weighted by Crippen LogP contribution is 2.29. The van der Waals surface area contributed by atoms with Crippen LogP contribution in [0.1, 0.15) is 37.8 Å². The van der Waals surface area contributed by atoms with E-state index < -0.39 is 0 Å². The number of para-hydroxylation sites is 1. The fraction of sp³-hybridized carbons (Fsp3) is 0.200. The molecule has 0 aliphatic rings. The lowest BCUT2D eigenvalue weighted by Gasteiger charge is -2.14. The first-order valence-corrected chi connectivity index (χ1v) is 9.32. The zero-order chi connectivity index (χ0) is 19.1. The van der Waals surface area contributed by atoms with E-state index in [1.165, 1.54) is 11.1 Å². The Morgan fingerprint density at radius 2 is 1.56 bits per heavy atom. The van der Waals surface area contributed by atoms with Crippen LogP contribution < -0.4 is 9.47 Å². The lowest BCUT2D eigenvalue weighted by atomic mass is 9.92. The van der Waals surface area contributed by atoms with Gasteiger partial charge < -0.3 is 9.47 Å². The molecule has 0 aliphatic heterocycles. The largest absolute Gasteiger partial charge is 0.494 e. The highest BCUT2D eigenvalue weighted by molar-refractivity contribution is 5.39. The first-order chi connectivity index (χ1) is 13.2. The molecule has 137 valence electrons. The molecule has 2 heteroatoms. The third-order valence-corrected chi connectivity index (χ3v) is 4.49. The summed E-state index contributed by atoms with van der Waals surface area (Å²) in [5, 5.41) is 0. The molecule has 0 aromatic heterocycles. The van der Waals surface area contributed by atoms with Crippen molar-refractivity contribution in [1.82, 2.24) is 0 Å². The van der Waals surface area contributed by atoms with Crippen LogP contribution in [0, 0.1) is 6.08 Å². The summed E-state index contributed by atoms with van der Waals surface area (Å²) in [6.45, 7) is 6.97. The van der Waals surface area contributed by atoms with Gasteiger partial charge in [-0.1, -0.05) is 55.0 Å². The van der Waals surface area contributed by atoms with Crippen LogP contribution in [-0.4, -0.2) is 6.61 Å². The van der Waals surface area contributed by atoms with Crippen LogP contribution in [0.25, 0.3) is 0 Å². The number of allylic oxidation sites excluding steroid dienone is 1. The molecular formula is C25H25O2. The molecule has 0 fully saturated rings. The molecule has 27 heavy (non-hydrogen) atoms. The number of rotatable bonds is 7. The minimum atomic E-state index is 0.246. The average molecular weight is 357 g/mol. The van der Waals surface area contributed by atoms with E-state index in [1.54, 1.807) is 0 Å². The van der Waals surface area contributed by atoms with Crippen molar-refractivity contribution in [2.75, 3.05) is 6.61 Å². The summed E-state index contributed by atoms with van der Waals surface area (Å²) < 4.78 is 11.5.